The number of carboxylic acid groups (broad SMARTS) is 1. The van der Waals surface area contributed by atoms with E-state index in [0.717, 1.165) is 24.2 Å². The third kappa shape index (κ3) is 5.09. The minimum Gasteiger partial charge on any atom is -0.475 e. The Labute approximate surface area is 147 Å². The third-order valence-corrected chi connectivity index (χ3v) is 4.26. The van der Waals surface area contributed by atoms with E-state index >= 15 is 0 Å². The molecule has 1 atom stereocenters. The molecule has 1 heterocycles. The third-order valence-electron chi connectivity index (χ3n) is 4.26. The molecule has 0 radical (unpaired) electrons. The molecule has 1 saturated carbocycles. The predicted molar refractivity (Wildman–Crippen MR) is 80.9 cm³/mol. The van der Waals surface area contributed by atoms with Gasteiger partial charge in [-0.15, -0.1) is 0 Å². The van der Waals surface area contributed by atoms with E-state index in [1.165, 1.54) is 7.11 Å². The molecule has 0 unspecified atom stereocenters. The van der Waals surface area contributed by atoms with Crippen LogP contribution < -0.4 is 5.32 Å². The maximum atomic E-state index is 12.4. The first-order valence-corrected chi connectivity index (χ1v) is 7.96. The molecular weight excluding hydrogens is 361 g/mol. The van der Waals surface area contributed by atoms with Crippen LogP contribution in [-0.2, 0) is 19.1 Å². The van der Waals surface area contributed by atoms with E-state index in [1.54, 1.807) is 6.92 Å². The maximum Gasteiger partial charge on any atom is 0.490 e. The highest BCUT2D eigenvalue weighted by molar-refractivity contribution is 6.07. The molecule has 1 saturated heterocycles. The summed E-state index contributed by atoms with van der Waals surface area (Å²) >= 11 is 0. The quantitative estimate of drug-likeness (QED) is 0.567. The van der Waals surface area contributed by atoms with Crippen LogP contribution in [0.4, 0.5) is 18.0 Å². The van der Waals surface area contributed by atoms with Crippen LogP contribution in [0.15, 0.2) is 0 Å². The SMILES string of the molecule is COC(=O)[C@@H](C)CN1C(=O)NC2(CCCCC2)C1=O.O=C(O)C(F)(F)F. The van der Waals surface area contributed by atoms with Crippen LogP contribution in [0.25, 0.3) is 0 Å². The number of hydrogen-bond acceptors (Lipinski definition) is 5. The summed E-state index contributed by atoms with van der Waals surface area (Å²) in [7, 11) is 1.30. The molecule has 148 valence electrons. The van der Waals surface area contributed by atoms with E-state index in [9.17, 15) is 27.6 Å². The monoisotopic (exact) mass is 382 g/mol. The minimum absolute atomic E-state index is 0.0824. The average molecular weight is 382 g/mol. The molecule has 0 bridgehead atoms. The van der Waals surface area contributed by atoms with Crippen molar-refractivity contribution in [3.05, 3.63) is 0 Å². The molecule has 0 aromatic carbocycles. The summed E-state index contributed by atoms with van der Waals surface area (Å²) in [5.74, 6) is -3.86. The lowest BCUT2D eigenvalue weighted by Gasteiger charge is -2.30. The summed E-state index contributed by atoms with van der Waals surface area (Å²) in [4.78, 5) is 45.8. The Kier molecular flexibility index (Phi) is 6.99. The van der Waals surface area contributed by atoms with Crippen molar-refractivity contribution in [3.63, 3.8) is 0 Å². The molecule has 2 aliphatic rings. The number of halogens is 3. The number of ether oxygens (including phenoxy) is 1. The van der Waals surface area contributed by atoms with Gasteiger partial charge in [0, 0.05) is 6.54 Å². The Bertz CT molecular complexity index is 572. The number of rotatable bonds is 3. The van der Waals surface area contributed by atoms with Crippen molar-refractivity contribution in [2.24, 2.45) is 5.92 Å². The smallest absolute Gasteiger partial charge is 0.475 e. The number of carbonyl (C=O) groups is 4. The van der Waals surface area contributed by atoms with Crippen LogP contribution in [0.3, 0.4) is 0 Å². The lowest BCUT2D eigenvalue weighted by Crippen LogP contribution is -2.48. The molecule has 0 aromatic heterocycles. The first-order chi connectivity index (χ1) is 11.9. The topological polar surface area (TPSA) is 113 Å². The van der Waals surface area contributed by atoms with Gasteiger partial charge in [-0.25, -0.2) is 9.59 Å². The molecule has 0 aromatic rings. The normalized spacial score (nSPS) is 20.1. The molecular formula is C15H21F3N2O6. The average Bonchev–Trinajstić information content (AvgIpc) is 2.78. The first-order valence-electron chi connectivity index (χ1n) is 7.96. The summed E-state index contributed by atoms with van der Waals surface area (Å²) in [5, 5.41) is 9.94. The summed E-state index contributed by atoms with van der Waals surface area (Å²) in [6, 6.07) is -0.386. The lowest BCUT2D eigenvalue weighted by molar-refractivity contribution is -0.192. The summed E-state index contributed by atoms with van der Waals surface area (Å²) in [6.45, 7) is 1.73. The highest BCUT2D eigenvalue weighted by Crippen LogP contribution is 2.33. The number of carbonyl (C=O) groups excluding carboxylic acids is 3. The van der Waals surface area contributed by atoms with Gasteiger partial charge in [-0.3, -0.25) is 14.5 Å². The van der Waals surface area contributed by atoms with Gasteiger partial charge >= 0.3 is 24.1 Å². The number of hydrogen-bond donors (Lipinski definition) is 2. The molecule has 1 spiro atoms. The number of urea groups is 1. The van der Waals surface area contributed by atoms with E-state index in [1.807, 2.05) is 0 Å². The second-order valence-electron chi connectivity index (χ2n) is 6.22. The molecule has 2 rings (SSSR count). The van der Waals surface area contributed by atoms with E-state index in [-0.39, 0.29) is 18.5 Å². The number of nitrogens with zero attached hydrogens (tertiary/aromatic N) is 1. The Morgan fingerprint density at radius 1 is 1.27 bits per heavy atom. The van der Waals surface area contributed by atoms with Crippen LogP contribution in [-0.4, -0.2) is 59.3 Å². The van der Waals surface area contributed by atoms with Crippen molar-refractivity contribution < 1.29 is 42.2 Å². The Hall–Kier alpha value is -2.33. The van der Waals surface area contributed by atoms with E-state index in [4.69, 9.17) is 9.90 Å². The molecule has 3 amide bonds. The summed E-state index contributed by atoms with van der Waals surface area (Å²) in [5.41, 5.74) is -0.717. The summed E-state index contributed by atoms with van der Waals surface area (Å²) < 4.78 is 36.4. The molecule has 2 N–H and O–H groups in total. The van der Waals surface area contributed by atoms with Gasteiger partial charge in [-0.05, 0) is 12.8 Å². The van der Waals surface area contributed by atoms with Gasteiger partial charge in [0.25, 0.3) is 5.91 Å². The molecule has 26 heavy (non-hydrogen) atoms. The number of methoxy groups -OCH3 is 1. The Balaban J connectivity index is 0.000000412. The standard InChI is InChI=1S/C13H20N2O4.C2HF3O2/c1-9(10(16)19-2)8-15-11(17)13(14-12(15)18)6-4-3-5-7-13;3-2(4,5)1(6)7/h9H,3-8H2,1-2H3,(H,14,18);(H,6,7)/t9-;/m0./s1. The van der Waals surface area contributed by atoms with Crippen molar-refractivity contribution in [1.82, 2.24) is 10.2 Å². The molecule has 11 heteroatoms. The van der Waals surface area contributed by atoms with Crippen LogP contribution >= 0.6 is 0 Å². The highest BCUT2D eigenvalue weighted by atomic mass is 19.4. The van der Waals surface area contributed by atoms with Gasteiger partial charge in [-0.2, -0.15) is 13.2 Å². The van der Waals surface area contributed by atoms with Gasteiger partial charge < -0.3 is 15.2 Å². The van der Waals surface area contributed by atoms with E-state index < -0.39 is 29.6 Å². The van der Waals surface area contributed by atoms with E-state index in [0.29, 0.717) is 12.8 Å². The zero-order chi connectivity index (χ0) is 20.1. The van der Waals surface area contributed by atoms with Crippen LogP contribution in [0.1, 0.15) is 39.0 Å². The second kappa shape index (κ2) is 8.37. The van der Waals surface area contributed by atoms with Crippen LogP contribution in [0, 0.1) is 5.92 Å². The summed E-state index contributed by atoms with van der Waals surface area (Å²) in [6.07, 6.45) is -0.691. The van der Waals surface area contributed by atoms with Crippen molar-refractivity contribution in [2.75, 3.05) is 13.7 Å². The number of carboxylic acids is 1. The first kappa shape index (κ1) is 21.7. The maximum absolute atomic E-state index is 12.4. The van der Waals surface area contributed by atoms with Crippen molar-refractivity contribution in [3.8, 4) is 0 Å². The zero-order valence-electron chi connectivity index (χ0n) is 14.4. The number of amides is 3. The number of imide groups is 1. The fourth-order valence-corrected chi connectivity index (χ4v) is 2.89. The van der Waals surface area contributed by atoms with Gasteiger partial charge in [0.2, 0.25) is 0 Å². The fraction of sp³-hybridized carbons (Fsp3) is 0.733. The largest absolute Gasteiger partial charge is 0.490 e. The Morgan fingerprint density at radius 2 is 1.77 bits per heavy atom. The van der Waals surface area contributed by atoms with Crippen molar-refractivity contribution in [2.45, 2.75) is 50.7 Å². The van der Waals surface area contributed by atoms with Crippen LogP contribution in [0.2, 0.25) is 0 Å². The fourth-order valence-electron chi connectivity index (χ4n) is 2.89. The molecule has 1 aliphatic heterocycles. The number of nitrogens with one attached hydrogen (secondary N) is 1. The lowest BCUT2D eigenvalue weighted by atomic mass is 9.81. The van der Waals surface area contributed by atoms with Gasteiger partial charge in [0.1, 0.15) is 5.54 Å². The van der Waals surface area contributed by atoms with E-state index in [2.05, 4.69) is 10.1 Å². The number of alkyl halides is 3. The Morgan fingerprint density at radius 3 is 2.19 bits per heavy atom. The molecule has 2 fully saturated rings. The van der Waals surface area contributed by atoms with Gasteiger partial charge in [0.05, 0.1) is 13.0 Å². The van der Waals surface area contributed by atoms with Crippen LogP contribution in [0.5, 0.6) is 0 Å². The zero-order valence-corrected chi connectivity index (χ0v) is 14.4. The predicted octanol–water partition coefficient (Wildman–Crippen LogP) is 1.68. The van der Waals surface area contributed by atoms with Crippen molar-refractivity contribution >= 4 is 23.9 Å². The van der Waals surface area contributed by atoms with Gasteiger partial charge in [0.15, 0.2) is 0 Å². The second-order valence-corrected chi connectivity index (χ2v) is 6.22. The highest BCUT2D eigenvalue weighted by Gasteiger charge is 2.51. The molecule has 1 aliphatic carbocycles. The van der Waals surface area contributed by atoms with Crippen molar-refractivity contribution in [1.29, 1.82) is 0 Å². The molecule has 8 nitrogen and oxygen atoms in total. The number of aliphatic carboxylic acids is 1. The number of esters is 1. The van der Waals surface area contributed by atoms with Gasteiger partial charge in [-0.1, -0.05) is 26.2 Å². The minimum atomic E-state index is -5.08.